The fourth-order valence-electron chi connectivity index (χ4n) is 3.81. The summed E-state index contributed by atoms with van der Waals surface area (Å²) in [6, 6.07) is 21.1. The van der Waals surface area contributed by atoms with Crippen molar-refractivity contribution < 1.29 is 14.2 Å². The van der Waals surface area contributed by atoms with Gasteiger partial charge in [-0.15, -0.1) is 0 Å². The molecule has 0 aliphatic carbocycles. The molecule has 0 fully saturated rings. The number of rotatable bonds is 5. The number of hydrogen-bond donors (Lipinski definition) is 0. The molecule has 0 saturated heterocycles. The summed E-state index contributed by atoms with van der Waals surface area (Å²) in [6.07, 6.45) is 0. The maximum atomic E-state index is 6.11. The minimum atomic E-state index is 0.627. The highest BCUT2D eigenvalue weighted by Gasteiger charge is 2.21. The minimum Gasteiger partial charge on any atom is -0.496 e. The van der Waals surface area contributed by atoms with Crippen LogP contribution in [0.5, 0.6) is 17.2 Å². The number of para-hydroxylation sites is 1. The largest absolute Gasteiger partial charge is 0.496 e. The van der Waals surface area contributed by atoms with E-state index < -0.39 is 0 Å². The topological polar surface area (TPSA) is 30.9 Å². The van der Waals surface area contributed by atoms with Crippen LogP contribution in [0.15, 0.2) is 60.7 Å². The van der Waals surface area contributed by atoms with E-state index in [-0.39, 0.29) is 0 Å². The number of benzene rings is 3. The molecule has 3 aromatic carbocycles. The van der Waals surface area contributed by atoms with Gasteiger partial charge in [0.1, 0.15) is 12.4 Å². The lowest BCUT2D eigenvalue weighted by atomic mass is 10.0. The van der Waals surface area contributed by atoms with Crippen LogP contribution in [0.3, 0.4) is 0 Å². The van der Waals surface area contributed by atoms with Crippen LogP contribution in [0.2, 0.25) is 0 Å². The fraction of sp³-hybridized carbons (Fsp3) is 0.280. The second-order valence-corrected chi connectivity index (χ2v) is 7.40. The first-order valence-electron chi connectivity index (χ1n) is 9.93. The van der Waals surface area contributed by atoms with Crippen molar-refractivity contribution in [1.82, 2.24) is 4.90 Å². The van der Waals surface area contributed by atoms with Crippen LogP contribution in [0.25, 0.3) is 11.1 Å². The van der Waals surface area contributed by atoms with Crippen molar-refractivity contribution in [2.45, 2.75) is 20.0 Å². The van der Waals surface area contributed by atoms with Crippen molar-refractivity contribution in [3.05, 3.63) is 77.4 Å². The smallest absolute Gasteiger partial charge is 0.165 e. The maximum Gasteiger partial charge on any atom is 0.165 e. The third-order valence-corrected chi connectivity index (χ3v) is 5.37. The monoisotopic (exact) mass is 389 g/mol. The Kier molecular flexibility index (Phi) is 5.72. The van der Waals surface area contributed by atoms with Crippen LogP contribution in [0.4, 0.5) is 0 Å². The lowest BCUT2D eigenvalue weighted by molar-refractivity contribution is 0.215. The molecule has 3 aromatic rings. The van der Waals surface area contributed by atoms with Crippen LogP contribution in [-0.4, -0.2) is 32.3 Å². The first-order valence-corrected chi connectivity index (χ1v) is 9.93. The third kappa shape index (κ3) is 4.22. The molecule has 1 aliphatic heterocycles. The quantitative estimate of drug-likeness (QED) is 0.609. The molecular weight excluding hydrogens is 362 g/mol. The Balaban J connectivity index is 1.66. The predicted octanol–water partition coefficient (Wildman–Crippen LogP) is 5.07. The molecule has 0 spiro atoms. The second kappa shape index (κ2) is 8.58. The SMILES string of the molecule is COc1ccccc1CN1CCOc2c(cc(-c3ccc(C)cc3)cc2OC)C1. The Bertz CT molecular complexity index is 982. The Hall–Kier alpha value is -2.98. The summed E-state index contributed by atoms with van der Waals surface area (Å²) >= 11 is 0. The number of hydrogen-bond acceptors (Lipinski definition) is 4. The predicted molar refractivity (Wildman–Crippen MR) is 116 cm³/mol. The normalized spacial score (nSPS) is 13.9. The van der Waals surface area contributed by atoms with Gasteiger partial charge in [0.25, 0.3) is 0 Å². The van der Waals surface area contributed by atoms with Crippen molar-refractivity contribution in [3.8, 4) is 28.4 Å². The molecule has 29 heavy (non-hydrogen) atoms. The molecule has 1 heterocycles. The van der Waals surface area contributed by atoms with Gasteiger partial charge in [-0.25, -0.2) is 0 Å². The molecule has 0 radical (unpaired) electrons. The van der Waals surface area contributed by atoms with Gasteiger partial charge in [0.05, 0.1) is 14.2 Å². The summed E-state index contributed by atoms with van der Waals surface area (Å²) in [5.74, 6) is 2.56. The Morgan fingerprint density at radius 3 is 2.41 bits per heavy atom. The van der Waals surface area contributed by atoms with E-state index in [4.69, 9.17) is 14.2 Å². The van der Waals surface area contributed by atoms with Crippen molar-refractivity contribution in [1.29, 1.82) is 0 Å². The van der Waals surface area contributed by atoms with Gasteiger partial charge in [-0.2, -0.15) is 0 Å². The Labute approximate surface area is 172 Å². The van der Waals surface area contributed by atoms with Gasteiger partial charge in [0.15, 0.2) is 11.5 Å². The first-order chi connectivity index (χ1) is 14.2. The molecule has 0 saturated carbocycles. The molecule has 1 aliphatic rings. The van der Waals surface area contributed by atoms with Crippen LogP contribution < -0.4 is 14.2 Å². The fourth-order valence-corrected chi connectivity index (χ4v) is 3.81. The van der Waals surface area contributed by atoms with Crippen molar-refractivity contribution >= 4 is 0 Å². The summed E-state index contributed by atoms with van der Waals surface area (Å²) < 4.78 is 17.3. The molecule has 0 amide bonds. The lowest BCUT2D eigenvalue weighted by Crippen LogP contribution is -2.25. The molecule has 150 valence electrons. The van der Waals surface area contributed by atoms with E-state index in [1.54, 1.807) is 14.2 Å². The van der Waals surface area contributed by atoms with Gasteiger partial charge in [0, 0.05) is 30.8 Å². The van der Waals surface area contributed by atoms with E-state index in [0.717, 1.165) is 48.0 Å². The second-order valence-electron chi connectivity index (χ2n) is 7.40. The first kappa shape index (κ1) is 19.3. The van der Waals surface area contributed by atoms with Gasteiger partial charge in [-0.3, -0.25) is 4.90 Å². The Morgan fingerprint density at radius 2 is 1.66 bits per heavy atom. The Morgan fingerprint density at radius 1 is 0.897 bits per heavy atom. The van der Waals surface area contributed by atoms with Gasteiger partial charge in [0.2, 0.25) is 0 Å². The van der Waals surface area contributed by atoms with E-state index in [1.807, 2.05) is 12.1 Å². The van der Waals surface area contributed by atoms with E-state index in [2.05, 4.69) is 60.4 Å². The van der Waals surface area contributed by atoms with Crippen molar-refractivity contribution in [3.63, 3.8) is 0 Å². The van der Waals surface area contributed by atoms with Crippen molar-refractivity contribution in [2.75, 3.05) is 27.4 Å². The lowest BCUT2D eigenvalue weighted by Gasteiger charge is -2.21. The number of aryl methyl sites for hydroxylation is 1. The standard InChI is InChI=1S/C25H27NO3/c1-18-8-10-19(11-9-18)21-14-22-17-26(12-13-29-25(22)24(15-21)28-3)16-20-6-4-5-7-23(20)27-2/h4-11,14-15H,12-13,16-17H2,1-3H3. The van der Waals surface area contributed by atoms with Gasteiger partial charge in [-0.1, -0.05) is 48.0 Å². The summed E-state index contributed by atoms with van der Waals surface area (Å²) in [4.78, 5) is 2.39. The highest BCUT2D eigenvalue weighted by molar-refractivity contribution is 5.69. The number of methoxy groups -OCH3 is 2. The highest BCUT2D eigenvalue weighted by atomic mass is 16.5. The number of ether oxygens (including phenoxy) is 3. The average molecular weight is 389 g/mol. The van der Waals surface area contributed by atoms with E-state index in [1.165, 1.54) is 16.7 Å². The molecule has 4 rings (SSSR count). The molecule has 4 nitrogen and oxygen atoms in total. The van der Waals surface area contributed by atoms with Gasteiger partial charge < -0.3 is 14.2 Å². The average Bonchev–Trinajstić information content (AvgIpc) is 2.95. The molecule has 0 bridgehead atoms. The van der Waals surface area contributed by atoms with E-state index in [0.29, 0.717) is 6.61 Å². The van der Waals surface area contributed by atoms with Gasteiger partial charge in [-0.05, 0) is 36.2 Å². The number of nitrogens with zero attached hydrogens (tertiary/aromatic N) is 1. The number of fused-ring (bicyclic) bond motifs is 1. The maximum absolute atomic E-state index is 6.11. The third-order valence-electron chi connectivity index (χ3n) is 5.37. The zero-order valence-electron chi connectivity index (χ0n) is 17.3. The zero-order chi connectivity index (χ0) is 20.2. The van der Waals surface area contributed by atoms with Crippen LogP contribution >= 0.6 is 0 Å². The molecule has 0 unspecified atom stereocenters. The van der Waals surface area contributed by atoms with Gasteiger partial charge >= 0.3 is 0 Å². The van der Waals surface area contributed by atoms with Crippen molar-refractivity contribution in [2.24, 2.45) is 0 Å². The summed E-state index contributed by atoms with van der Waals surface area (Å²) in [5, 5.41) is 0. The summed E-state index contributed by atoms with van der Waals surface area (Å²) in [5.41, 5.74) is 5.90. The molecule has 4 heteroatoms. The highest BCUT2D eigenvalue weighted by Crippen LogP contribution is 2.38. The van der Waals surface area contributed by atoms with Crippen LogP contribution in [-0.2, 0) is 13.1 Å². The van der Waals surface area contributed by atoms with E-state index >= 15 is 0 Å². The van der Waals surface area contributed by atoms with Crippen LogP contribution in [0, 0.1) is 6.92 Å². The minimum absolute atomic E-state index is 0.627. The zero-order valence-corrected chi connectivity index (χ0v) is 17.3. The summed E-state index contributed by atoms with van der Waals surface area (Å²) in [6.45, 7) is 5.18. The molecule has 0 N–H and O–H groups in total. The van der Waals surface area contributed by atoms with E-state index in [9.17, 15) is 0 Å². The van der Waals surface area contributed by atoms with Crippen LogP contribution in [0.1, 0.15) is 16.7 Å². The molecule has 0 atom stereocenters. The molecule has 0 aromatic heterocycles. The molecular formula is C25H27NO3. The summed E-state index contributed by atoms with van der Waals surface area (Å²) in [7, 11) is 3.42.